The summed E-state index contributed by atoms with van der Waals surface area (Å²) in [6, 6.07) is 1.51. The van der Waals surface area contributed by atoms with Gasteiger partial charge in [-0.2, -0.15) is 18.3 Å². The third-order valence-electron chi connectivity index (χ3n) is 3.01. The highest BCUT2D eigenvalue weighted by Crippen LogP contribution is 2.21. The maximum Gasteiger partial charge on any atom is 0.406 e. The van der Waals surface area contributed by atoms with Crippen LogP contribution in [0.4, 0.5) is 19.0 Å². The number of aryl methyl sites for hydroxylation is 1. The second kappa shape index (κ2) is 5.79. The van der Waals surface area contributed by atoms with Crippen molar-refractivity contribution in [2.24, 2.45) is 0 Å². The van der Waals surface area contributed by atoms with E-state index in [0.717, 1.165) is 6.42 Å². The molecule has 0 aliphatic heterocycles. The van der Waals surface area contributed by atoms with Gasteiger partial charge in [-0.1, -0.05) is 6.92 Å². The first kappa shape index (κ1) is 15.4. The van der Waals surface area contributed by atoms with Crippen molar-refractivity contribution in [1.82, 2.24) is 14.3 Å². The van der Waals surface area contributed by atoms with Crippen LogP contribution < -0.4 is 10.9 Å². The Morgan fingerprint density at radius 2 is 2.05 bits per heavy atom. The monoisotopic (exact) mass is 302 g/mol. The number of hydrogen-bond acceptors (Lipinski definition) is 3. The normalized spacial score (nSPS) is 12.0. The molecule has 8 heteroatoms. The first-order valence-electron chi connectivity index (χ1n) is 6.78. The summed E-state index contributed by atoms with van der Waals surface area (Å²) in [4.78, 5) is 12.3. The van der Waals surface area contributed by atoms with Gasteiger partial charge in [0.1, 0.15) is 11.9 Å². The number of pyridine rings is 1. The van der Waals surface area contributed by atoms with E-state index in [2.05, 4.69) is 10.4 Å². The molecule has 5 nitrogen and oxygen atoms in total. The average molecular weight is 302 g/mol. The number of nitrogens with one attached hydrogen (secondary N) is 1. The quantitative estimate of drug-likeness (QED) is 0.923. The van der Waals surface area contributed by atoms with E-state index in [0.29, 0.717) is 29.0 Å². The van der Waals surface area contributed by atoms with Crippen molar-refractivity contribution < 1.29 is 13.2 Å². The van der Waals surface area contributed by atoms with Gasteiger partial charge in [0.25, 0.3) is 5.56 Å². The lowest BCUT2D eigenvalue weighted by molar-refractivity contribution is -0.141. The molecule has 0 radical (unpaired) electrons. The van der Waals surface area contributed by atoms with E-state index in [1.165, 1.54) is 12.3 Å². The topological polar surface area (TPSA) is 51.9 Å². The van der Waals surface area contributed by atoms with Crippen molar-refractivity contribution in [2.75, 3.05) is 11.9 Å². The van der Waals surface area contributed by atoms with Crippen molar-refractivity contribution in [3.05, 3.63) is 22.6 Å². The second-order valence-electron chi connectivity index (χ2n) is 4.73. The fraction of sp³-hybridized carbons (Fsp3) is 0.538. The Labute approximate surface area is 119 Å². The van der Waals surface area contributed by atoms with Gasteiger partial charge in [-0.05, 0) is 19.4 Å². The summed E-state index contributed by atoms with van der Waals surface area (Å²) in [5.41, 5.74) is -0.126. The zero-order valence-corrected chi connectivity index (χ0v) is 11.9. The highest BCUT2D eigenvalue weighted by molar-refractivity contribution is 5.89. The van der Waals surface area contributed by atoms with Crippen molar-refractivity contribution in [3.8, 4) is 0 Å². The molecule has 0 unspecified atom stereocenters. The predicted octanol–water partition coefficient (Wildman–Crippen LogP) is 2.60. The maximum atomic E-state index is 12.5. The van der Waals surface area contributed by atoms with Crippen LogP contribution in [0.3, 0.4) is 0 Å². The van der Waals surface area contributed by atoms with Gasteiger partial charge < -0.3 is 9.88 Å². The fourth-order valence-electron chi connectivity index (χ4n) is 2.22. The molecule has 0 aromatic carbocycles. The second-order valence-corrected chi connectivity index (χ2v) is 4.73. The van der Waals surface area contributed by atoms with Gasteiger partial charge in [0.05, 0.1) is 5.52 Å². The Kier molecular flexibility index (Phi) is 4.24. The summed E-state index contributed by atoms with van der Waals surface area (Å²) in [6.45, 7) is 3.63. The number of hydrogen-bond donors (Lipinski definition) is 1. The zero-order chi connectivity index (χ0) is 15.6. The first-order chi connectivity index (χ1) is 9.87. The molecular formula is C13H17F3N4O. The Morgan fingerprint density at radius 1 is 1.33 bits per heavy atom. The van der Waals surface area contributed by atoms with E-state index in [4.69, 9.17) is 0 Å². The summed E-state index contributed by atoms with van der Waals surface area (Å²) in [5, 5.41) is 7.42. The SMILES string of the molecule is CCCn1nc(NCC)c2c(=O)n(CC(F)(F)F)ccc21. The number of anilines is 1. The molecule has 2 aromatic rings. The Morgan fingerprint density at radius 3 is 2.62 bits per heavy atom. The fourth-order valence-corrected chi connectivity index (χ4v) is 2.22. The molecule has 2 rings (SSSR count). The molecule has 2 aromatic heterocycles. The van der Waals surface area contributed by atoms with Crippen LogP contribution in [0.25, 0.3) is 10.9 Å². The molecule has 2 heterocycles. The first-order valence-corrected chi connectivity index (χ1v) is 6.78. The summed E-state index contributed by atoms with van der Waals surface area (Å²) < 4.78 is 39.8. The van der Waals surface area contributed by atoms with Gasteiger partial charge in [0.15, 0.2) is 5.82 Å². The molecule has 0 amide bonds. The number of alkyl halides is 3. The smallest absolute Gasteiger partial charge is 0.368 e. The molecule has 0 bridgehead atoms. The van der Waals surface area contributed by atoms with E-state index in [9.17, 15) is 18.0 Å². The van der Waals surface area contributed by atoms with Crippen LogP contribution in [0, 0.1) is 0 Å². The highest BCUT2D eigenvalue weighted by Gasteiger charge is 2.29. The standard InChI is InChI=1S/C13H17F3N4O/c1-3-6-20-9-5-7-19(8-13(14,15)16)12(21)10(9)11(18-20)17-4-2/h5,7H,3-4,6,8H2,1-2H3,(H,17,18). The van der Waals surface area contributed by atoms with Crippen LogP contribution in [-0.2, 0) is 13.1 Å². The molecule has 0 saturated carbocycles. The predicted molar refractivity (Wildman–Crippen MR) is 74.5 cm³/mol. The number of halogens is 3. The third-order valence-corrected chi connectivity index (χ3v) is 3.01. The van der Waals surface area contributed by atoms with Gasteiger partial charge in [-0.15, -0.1) is 0 Å². The van der Waals surface area contributed by atoms with Crippen LogP contribution in [0.1, 0.15) is 20.3 Å². The summed E-state index contributed by atoms with van der Waals surface area (Å²) >= 11 is 0. The molecule has 0 atom stereocenters. The minimum atomic E-state index is -4.44. The summed E-state index contributed by atoms with van der Waals surface area (Å²) in [5.74, 6) is 0.336. The van der Waals surface area contributed by atoms with E-state index in [1.807, 2.05) is 13.8 Å². The molecule has 0 saturated heterocycles. The lowest BCUT2D eigenvalue weighted by Crippen LogP contribution is -2.27. The van der Waals surface area contributed by atoms with Crippen LogP contribution in [-0.4, -0.2) is 27.1 Å². The molecule has 1 N–H and O–H groups in total. The van der Waals surface area contributed by atoms with Crippen LogP contribution >= 0.6 is 0 Å². The lowest BCUT2D eigenvalue weighted by Gasteiger charge is -2.09. The average Bonchev–Trinajstić information content (AvgIpc) is 2.71. The molecule has 21 heavy (non-hydrogen) atoms. The largest absolute Gasteiger partial charge is 0.406 e. The van der Waals surface area contributed by atoms with Gasteiger partial charge in [-0.25, -0.2) is 0 Å². The Balaban J connectivity index is 2.61. The molecule has 0 fully saturated rings. The molecule has 0 aliphatic rings. The van der Waals surface area contributed by atoms with Crippen molar-refractivity contribution in [2.45, 2.75) is 39.5 Å². The Bertz CT molecular complexity index is 687. The van der Waals surface area contributed by atoms with Gasteiger partial charge in [0.2, 0.25) is 0 Å². The molecule has 0 spiro atoms. The van der Waals surface area contributed by atoms with Crippen molar-refractivity contribution in [1.29, 1.82) is 0 Å². The van der Waals surface area contributed by atoms with Crippen molar-refractivity contribution >= 4 is 16.7 Å². The third kappa shape index (κ3) is 3.20. The van der Waals surface area contributed by atoms with Gasteiger partial charge in [0, 0.05) is 19.3 Å². The molecule has 116 valence electrons. The minimum absolute atomic E-state index is 0.206. The number of aromatic nitrogens is 3. The maximum absolute atomic E-state index is 12.5. The number of nitrogens with zero attached hydrogens (tertiary/aromatic N) is 3. The van der Waals surface area contributed by atoms with Crippen LogP contribution in [0.2, 0.25) is 0 Å². The zero-order valence-electron chi connectivity index (χ0n) is 11.9. The van der Waals surface area contributed by atoms with E-state index in [1.54, 1.807) is 4.68 Å². The number of rotatable bonds is 5. The Hall–Kier alpha value is -1.99. The summed E-state index contributed by atoms with van der Waals surface area (Å²) in [7, 11) is 0. The molecule has 0 aliphatic carbocycles. The highest BCUT2D eigenvalue weighted by atomic mass is 19.4. The van der Waals surface area contributed by atoms with E-state index < -0.39 is 18.3 Å². The van der Waals surface area contributed by atoms with Gasteiger partial charge in [-0.3, -0.25) is 9.48 Å². The van der Waals surface area contributed by atoms with E-state index >= 15 is 0 Å². The minimum Gasteiger partial charge on any atom is -0.368 e. The molecular weight excluding hydrogens is 285 g/mol. The lowest BCUT2D eigenvalue weighted by atomic mass is 10.3. The van der Waals surface area contributed by atoms with Crippen LogP contribution in [0.15, 0.2) is 17.1 Å². The number of fused-ring (bicyclic) bond motifs is 1. The van der Waals surface area contributed by atoms with E-state index in [-0.39, 0.29) is 5.39 Å². The van der Waals surface area contributed by atoms with Gasteiger partial charge >= 0.3 is 6.18 Å². The van der Waals surface area contributed by atoms with Crippen LogP contribution in [0.5, 0.6) is 0 Å². The van der Waals surface area contributed by atoms with Crippen molar-refractivity contribution in [3.63, 3.8) is 0 Å². The summed E-state index contributed by atoms with van der Waals surface area (Å²) in [6.07, 6.45) is -2.45.